The molecule has 0 aliphatic heterocycles. The Morgan fingerprint density at radius 1 is 1.17 bits per heavy atom. The summed E-state index contributed by atoms with van der Waals surface area (Å²) in [6.45, 7) is 0.124. The average Bonchev–Trinajstić information content (AvgIpc) is 2.58. The second-order valence-corrected chi connectivity index (χ2v) is 4.67. The van der Waals surface area contributed by atoms with E-state index in [0.29, 0.717) is 12.3 Å². The number of hydrogen-bond acceptors (Lipinski definition) is 5. The van der Waals surface area contributed by atoms with Crippen LogP contribution in [0.3, 0.4) is 0 Å². The van der Waals surface area contributed by atoms with E-state index in [4.69, 9.17) is 9.47 Å². The third-order valence-electron chi connectivity index (χ3n) is 3.02. The zero-order valence-corrected chi connectivity index (χ0v) is 12.5. The van der Waals surface area contributed by atoms with Crippen LogP contribution in [0, 0.1) is 10.1 Å². The molecule has 2 aromatic rings. The molecule has 0 saturated carbocycles. The molecule has 0 saturated heterocycles. The summed E-state index contributed by atoms with van der Waals surface area (Å²) in [6, 6.07) is 13.0. The molecule has 23 heavy (non-hydrogen) atoms. The second kappa shape index (κ2) is 7.79. The summed E-state index contributed by atoms with van der Waals surface area (Å²) in [4.78, 5) is 21.9. The molecule has 7 nitrogen and oxygen atoms in total. The summed E-state index contributed by atoms with van der Waals surface area (Å²) >= 11 is 0. The number of rotatable bonds is 7. The fourth-order valence-corrected chi connectivity index (χ4v) is 1.87. The van der Waals surface area contributed by atoms with E-state index in [1.807, 2.05) is 24.3 Å². The molecular formula is C16H16N2O5. The number of benzene rings is 2. The van der Waals surface area contributed by atoms with Crippen LogP contribution < -0.4 is 14.8 Å². The summed E-state index contributed by atoms with van der Waals surface area (Å²) in [7, 11) is 1.57. The molecule has 1 amide bonds. The van der Waals surface area contributed by atoms with Gasteiger partial charge in [-0.3, -0.25) is 14.9 Å². The fraction of sp³-hybridized carbons (Fsp3) is 0.188. The standard InChI is InChI=1S/C16H16N2O5/c1-22-14-6-2-4-12(8-14)10-17-16(19)11-23-15-7-3-5-13(9-15)18(20)21/h2-9H,10-11H2,1H3,(H,17,19). The van der Waals surface area contributed by atoms with Gasteiger partial charge in [0.25, 0.3) is 11.6 Å². The van der Waals surface area contributed by atoms with Crippen LogP contribution in [-0.2, 0) is 11.3 Å². The number of ether oxygens (including phenoxy) is 2. The minimum Gasteiger partial charge on any atom is -0.497 e. The first-order chi connectivity index (χ1) is 11.1. The molecule has 0 fully saturated rings. The van der Waals surface area contributed by atoms with Crippen molar-refractivity contribution in [3.05, 3.63) is 64.2 Å². The molecule has 0 atom stereocenters. The highest BCUT2D eigenvalue weighted by Crippen LogP contribution is 2.18. The normalized spacial score (nSPS) is 9.96. The predicted octanol–water partition coefficient (Wildman–Crippen LogP) is 2.30. The van der Waals surface area contributed by atoms with Gasteiger partial charge in [0.05, 0.1) is 18.1 Å². The maximum absolute atomic E-state index is 11.8. The van der Waals surface area contributed by atoms with E-state index in [-0.39, 0.29) is 24.0 Å². The molecule has 0 bridgehead atoms. The van der Waals surface area contributed by atoms with Gasteiger partial charge in [-0.05, 0) is 23.8 Å². The first-order valence-corrected chi connectivity index (χ1v) is 6.85. The highest BCUT2D eigenvalue weighted by atomic mass is 16.6. The van der Waals surface area contributed by atoms with Crippen LogP contribution in [0.2, 0.25) is 0 Å². The van der Waals surface area contributed by atoms with E-state index >= 15 is 0 Å². The Bertz CT molecular complexity index is 702. The van der Waals surface area contributed by atoms with Crippen molar-refractivity contribution in [3.63, 3.8) is 0 Å². The van der Waals surface area contributed by atoms with Crippen LogP contribution in [0.1, 0.15) is 5.56 Å². The van der Waals surface area contributed by atoms with E-state index in [1.165, 1.54) is 18.2 Å². The zero-order valence-electron chi connectivity index (χ0n) is 12.5. The molecule has 0 aromatic heterocycles. The second-order valence-electron chi connectivity index (χ2n) is 4.67. The van der Waals surface area contributed by atoms with Crippen molar-refractivity contribution in [2.75, 3.05) is 13.7 Å². The molecule has 0 spiro atoms. The Kier molecular flexibility index (Phi) is 5.51. The number of non-ortho nitro benzene ring substituents is 1. The Morgan fingerprint density at radius 3 is 2.65 bits per heavy atom. The Labute approximate surface area is 133 Å². The van der Waals surface area contributed by atoms with Crippen molar-refractivity contribution < 1.29 is 19.2 Å². The molecule has 0 aliphatic rings. The lowest BCUT2D eigenvalue weighted by atomic mass is 10.2. The summed E-state index contributed by atoms with van der Waals surface area (Å²) in [6.07, 6.45) is 0. The molecule has 0 heterocycles. The molecule has 0 radical (unpaired) electrons. The lowest BCUT2D eigenvalue weighted by Crippen LogP contribution is -2.28. The number of nitrogens with one attached hydrogen (secondary N) is 1. The van der Waals surface area contributed by atoms with E-state index in [2.05, 4.69) is 5.32 Å². The van der Waals surface area contributed by atoms with E-state index in [9.17, 15) is 14.9 Å². The molecule has 120 valence electrons. The number of hydrogen-bond donors (Lipinski definition) is 1. The van der Waals surface area contributed by atoms with E-state index < -0.39 is 4.92 Å². The largest absolute Gasteiger partial charge is 0.497 e. The predicted molar refractivity (Wildman–Crippen MR) is 83.4 cm³/mol. The summed E-state index contributed by atoms with van der Waals surface area (Å²) in [5, 5.41) is 13.4. The van der Waals surface area contributed by atoms with E-state index in [0.717, 1.165) is 5.56 Å². The Morgan fingerprint density at radius 2 is 1.91 bits per heavy atom. The summed E-state index contributed by atoms with van der Waals surface area (Å²) < 4.78 is 10.4. The molecule has 0 aliphatic carbocycles. The number of carbonyl (C=O) groups excluding carboxylic acids is 1. The highest BCUT2D eigenvalue weighted by Gasteiger charge is 2.08. The smallest absolute Gasteiger partial charge is 0.273 e. The van der Waals surface area contributed by atoms with Crippen LogP contribution >= 0.6 is 0 Å². The lowest BCUT2D eigenvalue weighted by Gasteiger charge is -2.08. The number of nitro benzene ring substituents is 1. The molecular weight excluding hydrogens is 300 g/mol. The minimum atomic E-state index is -0.518. The molecule has 2 rings (SSSR count). The van der Waals surface area contributed by atoms with Crippen molar-refractivity contribution in [1.29, 1.82) is 0 Å². The molecule has 0 unspecified atom stereocenters. The van der Waals surface area contributed by atoms with Crippen molar-refractivity contribution in [3.8, 4) is 11.5 Å². The van der Waals surface area contributed by atoms with Crippen molar-refractivity contribution >= 4 is 11.6 Å². The van der Waals surface area contributed by atoms with Gasteiger partial charge in [-0.15, -0.1) is 0 Å². The first kappa shape index (κ1) is 16.3. The molecule has 2 aromatic carbocycles. The van der Waals surface area contributed by atoms with Crippen molar-refractivity contribution in [2.24, 2.45) is 0 Å². The zero-order chi connectivity index (χ0) is 16.7. The van der Waals surface area contributed by atoms with Gasteiger partial charge in [-0.25, -0.2) is 0 Å². The molecule has 1 N–H and O–H groups in total. The number of methoxy groups -OCH3 is 1. The van der Waals surface area contributed by atoms with Gasteiger partial charge >= 0.3 is 0 Å². The third kappa shape index (κ3) is 4.99. The monoisotopic (exact) mass is 316 g/mol. The topological polar surface area (TPSA) is 90.7 Å². The quantitative estimate of drug-likeness (QED) is 0.625. The number of amides is 1. The molecule has 7 heteroatoms. The van der Waals surface area contributed by atoms with Gasteiger partial charge < -0.3 is 14.8 Å². The number of carbonyl (C=O) groups is 1. The van der Waals surface area contributed by atoms with Crippen LogP contribution in [0.4, 0.5) is 5.69 Å². The van der Waals surface area contributed by atoms with Crippen LogP contribution in [0.5, 0.6) is 11.5 Å². The van der Waals surface area contributed by atoms with Gasteiger partial charge in [0.1, 0.15) is 11.5 Å². The number of nitro groups is 1. The fourth-order valence-electron chi connectivity index (χ4n) is 1.87. The average molecular weight is 316 g/mol. The Balaban J connectivity index is 1.83. The summed E-state index contributed by atoms with van der Waals surface area (Å²) in [5.41, 5.74) is 0.812. The highest BCUT2D eigenvalue weighted by molar-refractivity contribution is 5.77. The SMILES string of the molecule is COc1cccc(CNC(=O)COc2cccc([N+](=O)[O-])c2)c1. The maximum atomic E-state index is 11.8. The number of nitrogens with zero attached hydrogens (tertiary/aromatic N) is 1. The van der Waals surface area contributed by atoms with Gasteiger partial charge in [-0.1, -0.05) is 18.2 Å². The Hall–Kier alpha value is -3.09. The third-order valence-corrected chi connectivity index (χ3v) is 3.02. The first-order valence-electron chi connectivity index (χ1n) is 6.85. The van der Waals surface area contributed by atoms with Crippen LogP contribution in [0.15, 0.2) is 48.5 Å². The maximum Gasteiger partial charge on any atom is 0.273 e. The van der Waals surface area contributed by atoms with Crippen molar-refractivity contribution in [2.45, 2.75) is 6.54 Å². The van der Waals surface area contributed by atoms with Crippen LogP contribution in [0.25, 0.3) is 0 Å². The van der Waals surface area contributed by atoms with Gasteiger partial charge in [0.2, 0.25) is 0 Å². The van der Waals surface area contributed by atoms with Gasteiger partial charge in [0.15, 0.2) is 6.61 Å². The van der Waals surface area contributed by atoms with Crippen molar-refractivity contribution in [1.82, 2.24) is 5.32 Å². The van der Waals surface area contributed by atoms with Crippen LogP contribution in [-0.4, -0.2) is 24.5 Å². The van der Waals surface area contributed by atoms with Gasteiger partial charge in [-0.2, -0.15) is 0 Å². The lowest BCUT2D eigenvalue weighted by molar-refractivity contribution is -0.384. The summed E-state index contributed by atoms with van der Waals surface area (Å²) in [5.74, 6) is 0.666. The van der Waals surface area contributed by atoms with Gasteiger partial charge in [0, 0.05) is 12.6 Å². The minimum absolute atomic E-state index is 0.0840. The van der Waals surface area contributed by atoms with E-state index in [1.54, 1.807) is 13.2 Å².